The second kappa shape index (κ2) is 10.7. The average molecular weight is 429 g/mol. The van der Waals surface area contributed by atoms with E-state index in [9.17, 15) is 4.79 Å². The number of methoxy groups -OCH3 is 1. The molecule has 1 unspecified atom stereocenters. The zero-order valence-electron chi connectivity index (χ0n) is 19.4. The van der Waals surface area contributed by atoms with Gasteiger partial charge in [0.1, 0.15) is 5.75 Å². The van der Waals surface area contributed by atoms with E-state index in [0.29, 0.717) is 12.1 Å². The summed E-state index contributed by atoms with van der Waals surface area (Å²) in [5, 5.41) is 3.39. The molecule has 0 radical (unpaired) electrons. The number of carbonyl (C=O) groups is 1. The maximum atomic E-state index is 13.0. The first kappa shape index (κ1) is 22.4. The highest BCUT2D eigenvalue weighted by molar-refractivity contribution is 5.74. The van der Waals surface area contributed by atoms with Crippen LogP contribution in [0.25, 0.3) is 0 Å². The average Bonchev–Trinajstić information content (AvgIpc) is 3.11. The normalized spacial score (nSPS) is 22.9. The fraction of sp³-hybridized carbons (Fsp3) is 0.720. The number of likely N-dealkylation sites (tertiary alicyclic amines) is 1. The lowest BCUT2D eigenvalue weighted by Gasteiger charge is -2.44. The number of nitrogens with zero attached hydrogens (tertiary/aromatic N) is 3. The van der Waals surface area contributed by atoms with E-state index >= 15 is 0 Å². The van der Waals surface area contributed by atoms with Gasteiger partial charge in [0.2, 0.25) is 0 Å². The van der Waals surface area contributed by atoms with Crippen LogP contribution in [0.5, 0.6) is 5.75 Å². The van der Waals surface area contributed by atoms with E-state index in [1.54, 1.807) is 7.11 Å². The van der Waals surface area contributed by atoms with Crippen LogP contribution in [0.15, 0.2) is 18.2 Å². The molecule has 1 N–H and O–H groups in total. The van der Waals surface area contributed by atoms with Crippen LogP contribution < -0.4 is 10.1 Å². The molecule has 6 heteroatoms. The molecule has 4 rings (SSSR count). The molecule has 2 fully saturated rings. The molecular weight excluding hydrogens is 388 g/mol. The monoisotopic (exact) mass is 428 g/mol. The quantitative estimate of drug-likeness (QED) is 0.783. The third-order valence-electron chi connectivity index (χ3n) is 7.38. The minimum absolute atomic E-state index is 0.253. The fourth-order valence-electron chi connectivity index (χ4n) is 5.67. The summed E-state index contributed by atoms with van der Waals surface area (Å²) in [6, 6.07) is 8.02. The van der Waals surface area contributed by atoms with Gasteiger partial charge in [0.25, 0.3) is 0 Å². The number of amides is 2. The number of fused-ring (bicyclic) bond motifs is 1. The van der Waals surface area contributed by atoms with E-state index < -0.39 is 0 Å². The summed E-state index contributed by atoms with van der Waals surface area (Å²) in [7, 11) is 1.75. The Kier molecular flexibility index (Phi) is 7.72. The van der Waals surface area contributed by atoms with E-state index in [2.05, 4.69) is 45.1 Å². The summed E-state index contributed by atoms with van der Waals surface area (Å²) in [5.41, 5.74) is 2.94. The van der Waals surface area contributed by atoms with Crippen molar-refractivity contribution in [2.75, 3.05) is 52.9 Å². The number of hydrogen-bond acceptors (Lipinski definition) is 4. The van der Waals surface area contributed by atoms with Gasteiger partial charge in [0.15, 0.2) is 0 Å². The molecule has 31 heavy (non-hydrogen) atoms. The third kappa shape index (κ3) is 5.35. The summed E-state index contributed by atoms with van der Waals surface area (Å²) < 4.78 is 5.47. The number of piperidine rings is 1. The molecule has 1 atom stereocenters. The molecule has 0 spiro atoms. The van der Waals surface area contributed by atoms with Gasteiger partial charge in [-0.25, -0.2) is 4.79 Å². The number of rotatable bonds is 5. The number of ether oxygens (including phenoxy) is 1. The molecule has 2 aliphatic heterocycles. The number of urea groups is 1. The van der Waals surface area contributed by atoms with Crippen molar-refractivity contribution in [1.82, 2.24) is 20.0 Å². The summed E-state index contributed by atoms with van der Waals surface area (Å²) in [6.07, 6.45) is 7.94. The predicted octanol–water partition coefficient (Wildman–Crippen LogP) is 3.14. The second-order valence-corrected chi connectivity index (χ2v) is 9.36. The molecule has 1 aromatic carbocycles. The van der Waals surface area contributed by atoms with Crippen LogP contribution in [-0.4, -0.2) is 85.7 Å². The number of nitrogens with one attached hydrogen (secondary N) is 1. The summed E-state index contributed by atoms with van der Waals surface area (Å²) in [6.45, 7) is 8.90. The molecule has 2 amide bonds. The first-order chi connectivity index (χ1) is 15.2. The van der Waals surface area contributed by atoms with E-state index in [0.717, 1.165) is 83.7 Å². The predicted molar refractivity (Wildman–Crippen MR) is 125 cm³/mol. The lowest BCUT2D eigenvalue weighted by molar-refractivity contribution is 0.0682. The van der Waals surface area contributed by atoms with Crippen LogP contribution in [-0.2, 0) is 12.8 Å². The van der Waals surface area contributed by atoms with E-state index in [1.165, 1.54) is 24.0 Å². The van der Waals surface area contributed by atoms with Crippen molar-refractivity contribution >= 4 is 6.03 Å². The Morgan fingerprint density at radius 3 is 2.65 bits per heavy atom. The van der Waals surface area contributed by atoms with Gasteiger partial charge in [-0.15, -0.1) is 0 Å². The SMILES string of the molecule is CCCN(C1CCN(C(=O)N2CCCNCC2)CC1)C1CCc2ccc(OC)cc2C1. The minimum atomic E-state index is 0.253. The zero-order valence-corrected chi connectivity index (χ0v) is 19.4. The lowest BCUT2D eigenvalue weighted by Crippen LogP contribution is -2.54. The van der Waals surface area contributed by atoms with E-state index in [-0.39, 0.29) is 6.03 Å². The number of aryl methyl sites for hydroxylation is 1. The molecule has 172 valence electrons. The standard InChI is InChI=1S/C25H40N4O2/c1-3-13-29(23-7-5-20-6-8-24(31-2)19-21(20)18-23)22-9-15-28(16-10-22)25(30)27-14-4-11-26-12-17-27/h6,8,19,22-23,26H,3-5,7,9-18H2,1-2H3. The van der Waals surface area contributed by atoms with Crippen LogP contribution in [0.3, 0.4) is 0 Å². The van der Waals surface area contributed by atoms with Crippen LogP contribution in [0.2, 0.25) is 0 Å². The maximum Gasteiger partial charge on any atom is 0.320 e. The first-order valence-corrected chi connectivity index (χ1v) is 12.4. The summed E-state index contributed by atoms with van der Waals surface area (Å²) >= 11 is 0. The van der Waals surface area contributed by atoms with Crippen molar-refractivity contribution in [2.24, 2.45) is 0 Å². The van der Waals surface area contributed by atoms with Crippen molar-refractivity contribution in [1.29, 1.82) is 0 Å². The highest BCUT2D eigenvalue weighted by atomic mass is 16.5. The molecule has 1 aromatic rings. The zero-order chi connectivity index (χ0) is 21.6. The molecular formula is C25H40N4O2. The van der Waals surface area contributed by atoms with Gasteiger partial charge in [-0.05, 0) is 81.3 Å². The van der Waals surface area contributed by atoms with Crippen molar-refractivity contribution in [3.63, 3.8) is 0 Å². The Bertz CT molecular complexity index is 724. The minimum Gasteiger partial charge on any atom is -0.497 e. The van der Waals surface area contributed by atoms with Gasteiger partial charge in [0.05, 0.1) is 7.11 Å². The van der Waals surface area contributed by atoms with Crippen LogP contribution in [0.1, 0.15) is 50.2 Å². The fourth-order valence-corrected chi connectivity index (χ4v) is 5.67. The highest BCUT2D eigenvalue weighted by Gasteiger charge is 2.33. The topological polar surface area (TPSA) is 48.0 Å². The van der Waals surface area contributed by atoms with Crippen LogP contribution in [0.4, 0.5) is 4.79 Å². The number of hydrogen-bond donors (Lipinski definition) is 1. The highest BCUT2D eigenvalue weighted by Crippen LogP contribution is 2.31. The molecule has 2 saturated heterocycles. The summed E-state index contributed by atoms with van der Waals surface area (Å²) in [4.78, 5) is 19.9. The van der Waals surface area contributed by atoms with Gasteiger partial charge in [0, 0.05) is 44.8 Å². The molecule has 1 aliphatic carbocycles. The molecule has 0 bridgehead atoms. The maximum absolute atomic E-state index is 13.0. The van der Waals surface area contributed by atoms with Crippen molar-refractivity contribution in [2.45, 2.75) is 64.0 Å². The molecule has 0 saturated carbocycles. The van der Waals surface area contributed by atoms with Crippen LogP contribution in [0, 0.1) is 0 Å². The van der Waals surface area contributed by atoms with E-state index in [4.69, 9.17) is 4.74 Å². The van der Waals surface area contributed by atoms with E-state index in [1.807, 2.05) is 0 Å². The Morgan fingerprint density at radius 2 is 1.87 bits per heavy atom. The number of benzene rings is 1. The van der Waals surface area contributed by atoms with Gasteiger partial charge in [-0.2, -0.15) is 0 Å². The molecule has 0 aromatic heterocycles. The van der Waals surface area contributed by atoms with Crippen LogP contribution >= 0.6 is 0 Å². The second-order valence-electron chi connectivity index (χ2n) is 9.36. The summed E-state index contributed by atoms with van der Waals surface area (Å²) in [5.74, 6) is 0.969. The van der Waals surface area contributed by atoms with Crippen molar-refractivity contribution in [3.05, 3.63) is 29.3 Å². The Morgan fingerprint density at radius 1 is 1.06 bits per heavy atom. The van der Waals surface area contributed by atoms with Gasteiger partial charge in [-0.1, -0.05) is 13.0 Å². The van der Waals surface area contributed by atoms with Crippen molar-refractivity contribution < 1.29 is 9.53 Å². The largest absolute Gasteiger partial charge is 0.497 e. The molecule has 2 heterocycles. The molecule has 6 nitrogen and oxygen atoms in total. The van der Waals surface area contributed by atoms with Gasteiger partial charge in [-0.3, -0.25) is 4.90 Å². The first-order valence-electron chi connectivity index (χ1n) is 12.4. The Hall–Kier alpha value is -1.79. The lowest BCUT2D eigenvalue weighted by atomic mass is 9.86. The van der Waals surface area contributed by atoms with Gasteiger partial charge >= 0.3 is 6.03 Å². The Labute approximate surface area is 187 Å². The third-order valence-corrected chi connectivity index (χ3v) is 7.38. The Balaban J connectivity index is 1.36. The van der Waals surface area contributed by atoms with Crippen molar-refractivity contribution in [3.8, 4) is 5.75 Å². The smallest absolute Gasteiger partial charge is 0.320 e. The van der Waals surface area contributed by atoms with Gasteiger partial charge < -0.3 is 19.9 Å². The molecule has 3 aliphatic rings. The number of carbonyl (C=O) groups excluding carboxylic acids is 1.